The molecule has 1 aliphatic carbocycles. The molecule has 122 valence electrons. The zero-order valence-electron chi connectivity index (χ0n) is 13.8. The van der Waals surface area contributed by atoms with Gasteiger partial charge < -0.3 is 5.11 Å². The van der Waals surface area contributed by atoms with Crippen LogP contribution >= 0.6 is 0 Å². The third-order valence-corrected chi connectivity index (χ3v) is 4.86. The Morgan fingerprint density at radius 2 is 1.30 bits per heavy atom. The maximum absolute atomic E-state index is 10.3. The van der Waals surface area contributed by atoms with Crippen LogP contribution in [0.4, 0.5) is 0 Å². The quantitative estimate of drug-likeness (QED) is 0.862. The van der Waals surface area contributed by atoms with E-state index in [2.05, 4.69) is 65.6 Å². The van der Waals surface area contributed by atoms with Gasteiger partial charge in [0.1, 0.15) is 0 Å². The molecule has 2 aromatic rings. The van der Waals surface area contributed by atoms with Gasteiger partial charge in [-0.05, 0) is 29.9 Å². The largest absolute Gasteiger partial charge is 0.393 e. The minimum atomic E-state index is -0.127. The van der Waals surface area contributed by atoms with Crippen molar-refractivity contribution in [3.05, 3.63) is 71.8 Å². The third-order valence-electron chi connectivity index (χ3n) is 4.86. The second-order valence-electron chi connectivity index (χ2n) is 6.75. The van der Waals surface area contributed by atoms with Gasteiger partial charge in [-0.2, -0.15) is 0 Å². The summed E-state index contributed by atoms with van der Waals surface area (Å²) >= 11 is 0. The molecule has 2 aromatic carbocycles. The maximum Gasteiger partial charge on any atom is 0.0580 e. The van der Waals surface area contributed by atoms with Crippen LogP contribution < -0.4 is 0 Å². The van der Waals surface area contributed by atoms with E-state index in [4.69, 9.17) is 0 Å². The van der Waals surface area contributed by atoms with Gasteiger partial charge in [0.2, 0.25) is 0 Å². The molecule has 23 heavy (non-hydrogen) atoms. The van der Waals surface area contributed by atoms with E-state index in [0.29, 0.717) is 5.92 Å². The van der Waals surface area contributed by atoms with E-state index in [1.165, 1.54) is 24.0 Å². The van der Waals surface area contributed by atoms with E-state index in [9.17, 15) is 5.11 Å². The second-order valence-corrected chi connectivity index (χ2v) is 6.75. The van der Waals surface area contributed by atoms with Gasteiger partial charge in [0.25, 0.3) is 0 Å². The van der Waals surface area contributed by atoms with Gasteiger partial charge in [-0.25, -0.2) is 0 Å². The second kappa shape index (κ2) is 8.28. The first kappa shape index (κ1) is 16.2. The van der Waals surface area contributed by atoms with Crippen LogP contribution in [-0.4, -0.2) is 22.7 Å². The Morgan fingerprint density at radius 1 is 0.783 bits per heavy atom. The molecule has 1 N–H and O–H groups in total. The van der Waals surface area contributed by atoms with Crippen LogP contribution in [0.1, 0.15) is 36.8 Å². The molecule has 2 heteroatoms. The Labute approximate surface area is 139 Å². The van der Waals surface area contributed by atoms with Crippen LogP contribution in [0.3, 0.4) is 0 Å². The number of benzene rings is 2. The predicted molar refractivity (Wildman–Crippen MR) is 95.0 cm³/mol. The topological polar surface area (TPSA) is 23.5 Å². The van der Waals surface area contributed by atoms with Crippen LogP contribution in [0.15, 0.2) is 60.7 Å². The van der Waals surface area contributed by atoms with Crippen molar-refractivity contribution in [2.24, 2.45) is 5.92 Å². The van der Waals surface area contributed by atoms with Gasteiger partial charge in [0.05, 0.1) is 6.10 Å². The number of hydrogen-bond acceptors (Lipinski definition) is 2. The molecule has 0 aromatic heterocycles. The van der Waals surface area contributed by atoms with Crippen molar-refractivity contribution in [1.29, 1.82) is 0 Å². The standard InChI is InChI=1S/C21H27NO/c23-21-14-8-7-13-20(21)17-22(15-18-9-3-1-4-10-18)16-19-11-5-2-6-12-19/h1-6,9-12,20-21,23H,7-8,13-17H2/t20-,21+/m1/s1. The molecule has 0 amide bonds. The first-order valence-electron chi connectivity index (χ1n) is 8.79. The molecule has 0 bridgehead atoms. The lowest BCUT2D eigenvalue weighted by atomic mass is 9.86. The molecular formula is C21H27NO. The van der Waals surface area contributed by atoms with Crippen molar-refractivity contribution in [3.8, 4) is 0 Å². The maximum atomic E-state index is 10.3. The number of nitrogens with zero attached hydrogens (tertiary/aromatic N) is 1. The normalized spacial score (nSPS) is 21.5. The van der Waals surface area contributed by atoms with Crippen LogP contribution in [-0.2, 0) is 13.1 Å². The van der Waals surface area contributed by atoms with Crippen LogP contribution in [0, 0.1) is 5.92 Å². The summed E-state index contributed by atoms with van der Waals surface area (Å²) in [5.41, 5.74) is 2.68. The minimum Gasteiger partial charge on any atom is -0.393 e. The highest BCUT2D eigenvalue weighted by Crippen LogP contribution is 2.26. The molecule has 0 aliphatic heterocycles. The highest BCUT2D eigenvalue weighted by molar-refractivity contribution is 5.17. The summed E-state index contributed by atoms with van der Waals surface area (Å²) in [4.78, 5) is 2.49. The molecule has 1 fully saturated rings. The fourth-order valence-corrected chi connectivity index (χ4v) is 3.60. The van der Waals surface area contributed by atoms with E-state index in [-0.39, 0.29) is 6.10 Å². The Kier molecular flexibility index (Phi) is 5.84. The van der Waals surface area contributed by atoms with Crippen LogP contribution in [0.25, 0.3) is 0 Å². The van der Waals surface area contributed by atoms with Gasteiger partial charge in [0.15, 0.2) is 0 Å². The number of hydrogen-bond donors (Lipinski definition) is 1. The van der Waals surface area contributed by atoms with Crippen LogP contribution in [0.2, 0.25) is 0 Å². The van der Waals surface area contributed by atoms with E-state index in [1.54, 1.807) is 0 Å². The number of aliphatic hydroxyl groups excluding tert-OH is 1. The van der Waals surface area contributed by atoms with Crippen molar-refractivity contribution < 1.29 is 5.11 Å². The summed E-state index contributed by atoms with van der Waals surface area (Å²) in [6.07, 6.45) is 4.43. The van der Waals surface area contributed by atoms with Gasteiger partial charge in [-0.15, -0.1) is 0 Å². The summed E-state index contributed by atoms with van der Waals surface area (Å²) in [7, 11) is 0. The smallest absolute Gasteiger partial charge is 0.0580 e. The van der Waals surface area contributed by atoms with Crippen molar-refractivity contribution >= 4 is 0 Å². The zero-order valence-corrected chi connectivity index (χ0v) is 13.8. The summed E-state index contributed by atoms with van der Waals surface area (Å²) in [6, 6.07) is 21.3. The molecule has 0 saturated heterocycles. The van der Waals surface area contributed by atoms with Gasteiger partial charge in [-0.1, -0.05) is 73.5 Å². The molecule has 0 radical (unpaired) electrons. The molecule has 0 spiro atoms. The summed E-state index contributed by atoms with van der Waals surface area (Å²) < 4.78 is 0. The third kappa shape index (κ3) is 4.92. The van der Waals surface area contributed by atoms with Gasteiger partial charge in [-0.3, -0.25) is 4.90 Å². The summed E-state index contributed by atoms with van der Waals surface area (Å²) in [6.45, 7) is 2.86. The van der Waals surface area contributed by atoms with Gasteiger partial charge in [0, 0.05) is 19.6 Å². The first-order valence-corrected chi connectivity index (χ1v) is 8.79. The van der Waals surface area contributed by atoms with E-state index < -0.39 is 0 Å². The molecule has 3 rings (SSSR count). The Morgan fingerprint density at radius 3 is 1.83 bits per heavy atom. The average molecular weight is 309 g/mol. The molecule has 0 unspecified atom stereocenters. The van der Waals surface area contributed by atoms with E-state index >= 15 is 0 Å². The zero-order chi connectivity index (χ0) is 15.9. The Bertz CT molecular complexity index is 527. The van der Waals surface area contributed by atoms with Crippen molar-refractivity contribution in [1.82, 2.24) is 4.90 Å². The first-order chi connectivity index (χ1) is 11.3. The minimum absolute atomic E-state index is 0.127. The number of aliphatic hydroxyl groups is 1. The molecular weight excluding hydrogens is 282 g/mol. The molecule has 2 nitrogen and oxygen atoms in total. The molecule has 1 aliphatic rings. The average Bonchev–Trinajstić information content (AvgIpc) is 2.59. The fourth-order valence-electron chi connectivity index (χ4n) is 3.60. The lowest BCUT2D eigenvalue weighted by Crippen LogP contribution is -2.36. The molecule has 2 atom stereocenters. The van der Waals surface area contributed by atoms with E-state index in [0.717, 1.165) is 32.5 Å². The lowest BCUT2D eigenvalue weighted by Gasteiger charge is -2.33. The van der Waals surface area contributed by atoms with Crippen molar-refractivity contribution in [3.63, 3.8) is 0 Å². The van der Waals surface area contributed by atoms with Crippen LogP contribution in [0.5, 0.6) is 0 Å². The monoisotopic (exact) mass is 309 g/mol. The predicted octanol–water partition coefficient (Wildman–Crippen LogP) is 4.24. The SMILES string of the molecule is O[C@H]1CCCC[C@@H]1CN(Cc1ccccc1)Cc1ccccc1. The highest BCUT2D eigenvalue weighted by Gasteiger charge is 2.25. The van der Waals surface area contributed by atoms with Gasteiger partial charge >= 0.3 is 0 Å². The fraction of sp³-hybridized carbons (Fsp3) is 0.429. The Hall–Kier alpha value is -1.64. The highest BCUT2D eigenvalue weighted by atomic mass is 16.3. The molecule has 0 heterocycles. The summed E-state index contributed by atoms with van der Waals surface area (Å²) in [5.74, 6) is 0.413. The Balaban J connectivity index is 1.69. The van der Waals surface area contributed by atoms with Crippen molar-refractivity contribution in [2.45, 2.75) is 44.9 Å². The van der Waals surface area contributed by atoms with Crippen molar-refractivity contribution in [2.75, 3.05) is 6.54 Å². The van der Waals surface area contributed by atoms with E-state index in [1.807, 2.05) is 0 Å². The molecule has 1 saturated carbocycles. The summed E-state index contributed by atoms with van der Waals surface area (Å²) in [5, 5.41) is 10.3. The lowest BCUT2D eigenvalue weighted by molar-refractivity contribution is 0.0428. The number of rotatable bonds is 6.